The summed E-state index contributed by atoms with van der Waals surface area (Å²) in [5, 5.41) is 8.81. The second-order valence-corrected chi connectivity index (χ2v) is 6.55. The summed E-state index contributed by atoms with van der Waals surface area (Å²) in [6.07, 6.45) is 1.72. The van der Waals surface area contributed by atoms with Gasteiger partial charge in [0, 0.05) is 35.5 Å². The van der Waals surface area contributed by atoms with E-state index < -0.39 is 0 Å². The van der Waals surface area contributed by atoms with Gasteiger partial charge in [-0.05, 0) is 38.4 Å². The predicted molar refractivity (Wildman–Crippen MR) is 103 cm³/mol. The highest BCUT2D eigenvalue weighted by Crippen LogP contribution is 2.27. The monoisotopic (exact) mass is 348 g/mol. The van der Waals surface area contributed by atoms with Crippen molar-refractivity contribution in [3.05, 3.63) is 60.3 Å². The number of likely N-dealkylation sites (N-methyl/N-ethyl adjacent to an activating group) is 1. The second kappa shape index (κ2) is 6.65. The number of nitrogens with zero attached hydrogens (tertiary/aromatic N) is 3. The van der Waals surface area contributed by atoms with Crippen LogP contribution < -0.4 is 4.90 Å². The van der Waals surface area contributed by atoms with E-state index in [0.29, 0.717) is 18.0 Å². The number of H-pyrrole nitrogens is 1. The molecule has 6 nitrogen and oxygen atoms in total. The molecule has 1 N–H and O–H groups in total. The fourth-order valence-electron chi connectivity index (χ4n) is 2.94. The summed E-state index contributed by atoms with van der Waals surface area (Å²) in [7, 11) is 3.97. The van der Waals surface area contributed by atoms with Crippen LogP contribution in [0.2, 0.25) is 0 Å². The Morgan fingerprint density at radius 1 is 1.08 bits per heavy atom. The number of furan rings is 1. The number of anilines is 1. The number of nitrogens with one attached hydrogen (secondary N) is 1. The van der Waals surface area contributed by atoms with E-state index in [0.717, 1.165) is 28.4 Å². The number of carbonyl (C=O) groups is 1. The Labute approximate surface area is 151 Å². The van der Waals surface area contributed by atoms with Crippen LogP contribution >= 0.6 is 0 Å². The summed E-state index contributed by atoms with van der Waals surface area (Å²) in [4.78, 5) is 17.0. The van der Waals surface area contributed by atoms with E-state index in [1.165, 1.54) is 0 Å². The number of hydrogen-bond donors (Lipinski definition) is 1. The van der Waals surface area contributed by atoms with Crippen LogP contribution in [-0.4, -0.2) is 48.2 Å². The minimum absolute atomic E-state index is 0.0889. The molecule has 132 valence electrons. The van der Waals surface area contributed by atoms with Crippen LogP contribution in [0, 0.1) is 0 Å². The zero-order valence-corrected chi connectivity index (χ0v) is 14.8. The van der Waals surface area contributed by atoms with Gasteiger partial charge in [-0.2, -0.15) is 5.10 Å². The van der Waals surface area contributed by atoms with Gasteiger partial charge in [0.2, 0.25) is 5.88 Å². The Morgan fingerprint density at radius 3 is 2.73 bits per heavy atom. The van der Waals surface area contributed by atoms with Gasteiger partial charge < -0.3 is 9.32 Å². The minimum Gasteiger partial charge on any atom is -0.440 e. The average Bonchev–Trinajstić information content (AvgIpc) is 3.27. The lowest BCUT2D eigenvalue weighted by Gasteiger charge is -2.22. The van der Waals surface area contributed by atoms with Crippen LogP contribution in [0.4, 0.5) is 5.88 Å². The summed E-state index contributed by atoms with van der Waals surface area (Å²) in [5.74, 6) is 0.472. The van der Waals surface area contributed by atoms with Gasteiger partial charge in [0.1, 0.15) is 5.58 Å². The molecular weight excluding hydrogens is 328 g/mol. The first kappa shape index (κ1) is 16.4. The van der Waals surface area contributed by atoms with Crippen molar-refractivity contribution in [3.8, 4) is 0 Å². The standard InChI is InChI=1S/C20H20N4O2/c1-23(2)9-10-24(19-12-14-5-3-4-6-18(14)26-19)20(25)15-7-8-17-16(11-15)13-21-22-17/h3-8,11-13H,9-10H2,1-2H3,(H,21,22). The molecule has 0 aliphatic carbocycles. The second-order valence-electron chi connectivity index (χ2n) is 6.55. The van der Waals surface area contributed by atoms with Gasteiger partial charge in [-0.15, -0.1) is 0 Å². The fraction of sp³-hybridized carbons (Fsp3) is 0.200. The molecule has 4 rings (SSSR count). The third-order valence-corrected chi connectivity index (χ3v) is 4.38. The normalized spacial score (nSPS) is 11.5. The Balaban J connectivity index is 1.72. The molecule has 2 heterocycles. The molecule has 0 saturated carbocycles. The molecule has 0 saturated heterocycles. The van der Waals surface area contributed by atoms with Crippen molar-refractivity contribution in [2.45, 2.75) is 0 Å². The lowest BCUT2D eigenvalue weighted by molar-refractivity contribution is 0.0981. The Hall–Kier alpha value is -3.12. The van der Waals surface area contributed by atoms with E-state index in [1.54, 1.807) is 11.1 Å². The number of benzene rings is 2. The van der Waals surface area contributed by atoms with Crippen molar-refractivity contribution in [3.63, 3.8) is 0 Å². The van der Waals surface area contributed by atoms with Crippen molar-refractivity contribution < 1.29 is 9.21 Å². The number of fused-ring (bicyclic) bond motifs is 2. The molecule has 0 atom stereocenters. The SMILES string of the molecule is CN(C)CCN(C(=O)c1ccc2[nH]ncc2c1)c1cc2ccccc2o1. The lowest BCUT2D eigenvalue weighted by Crippen LogP contribution is -2.36. The van der Waals surface area contributed by atoms with Crippen LogP contribution in [0.3, 0.4) is 0 Å². The summed E-state index contributed by atoms with van der Waals surface area (Å²) in [6, 6.07) is 15.2. The molecule has 2 aromatic carbocycles. The van der Waals surface area contributed by atoms with E-state index >= 15 is 0 Å². The van der Waals surface area contributed by atoms with Gasteiger partial charge >= 0.3 is 0 Å². The maximum absolute atomic E-state index is 13.2. The number of aromatic amines is 1. The average molecular weight is 348 g/mol. The highest BCUT2D eigenvalue weighted by molar-refractivity contribution is 6.07. The molecule has 0 aliphatic rings. The van der Waals surface area contributed by atoms with E-state index in [2.05, 4.69) is 10.2 Å². The number of carbonyl (C=O) groups excluding carboxylic acids is 1. The number of para-hydroxylation sites is 1. The summed E-state index contributed by atoms with van der Waals surface area (Å²) in [6.45, 7) is 1.27. The summed E-state index contributed by atoms with van der Waals surface area (Å²) >= 11 is 0. The molecular formula is C20H20N4O2. The van der Waals surface area contributed by atoms with Crippen molar-refractivity contribution >= 4 is 33.7 Å². The van der Waals surface area contributed by atoms with Gasteiger partial charge in [0.15, 0.2) is 0 Å². The number of amides is 1. The third kappa shape index (κ3) is 3.07. The molecule has 6 heteroatoms. The van der Waals surface area contributed by atoms with Crippen LogP contribution in [0.1, 0.15) is 10.4 Å². The zero-order valence-electron chi connectivity index (χ0n) is 14.8. The first-order chi connectivity index (χ1) is 12.6. The first-order valence-corrected chi connectivity index (χ1v) is 8.50. The summed E-state index contributed by atoms with van der Waals surface area (Å²) < 4.78 is 5.95. The van der Waals surface area contributed by atoms with Gasteiger partial charge in [0.05, 0.1) is 11.7 Å². The Kier molecular flexibility index (Phi) is 4.18. The highest BCUT2D eigenvalue weighted by atomic mass is 16.4. The number of rotatable bonds is 5. The van der Waals surface area contributed by atoms with Gasteiger partial charge in [0.25, 0.3) is 5.91 Å². The molecule has 0 unspecified atom stereocenters. The smallest absolute Gasteiger partial charge is 0.260 e. The molecule has 1 amide bonds. The van der Waals surface area contributed by atoms with Crippen LogP contribution in [0.15, 0.2) is 59.1 Å². The van der Waals surface area contributed by atoms with Gasteiger partial charge in [-0.3, -0.25) is 14.8 Å². The molecule has 0 fully saturated rings. The number of hydrogen-bond acceptors (Lipinski definition) is 4. The van der Waals surface area contributed by atoms with E-state index in [-0.39, 0.29) is 5.91 Å². The van der Waals surface area contributed by atoms with E-state index in [4.69, 9.17) is 4.42 Å². The zero-order chi connectivity index (χ0) is 18.1. The largest absolute Gasteiger partial charge is 0.440 e. The number of aromatic nitrogens is 2. The minimum atomic E-state index is -0.0889. The maximum atomic E-state index is 13.2. The van der Waals surface area contributed by atoms with Crippen LogP contribution in [-0.2, 0) is 0 Å². The quantitative estimate of drug-likeness (QED) is 0.599. The fourth-order valence-corrected chi connectivity index (χ4v) is 2.94. The molecule has 0 radical (unpaired) electrons. The molecule has 0 aliphatic heterocycles. The molecule has 0 spiro atoms. The van der Waals surface area contributed by atoms with Crippen molar-refractivity contribution in [1.82, 2.24) is 15.1 Å². The van der Waals surface area contributed by atoms with Crippen molar-refractivity contribution in [2.75, 3.05) is 32.1 Å². The third-order valence-electron chi connectivity index (χ3n) is 4.38. The van der Waals surface area contributed by atoms with Crippen LogP contribution in [0.5, 0.6) is 0 Å². The Morgan fingerprint density at radius 2 is 1.92 bits per heavy atom. The molecule has 4 aromatic rings. The molecule has 26 heavy (non-hydrogen) atoms. The van der Waals surface area contributed by atoms with Gasteiger partial charge in [-0.1, -0.05) is 18.2 Å². The van der Waals surface area contributed by atoms with Crippen LogP contribution in [0.25, 0.3) is 21.9 Å². The first-order valence-electron chi connectivity index (χ1n) is 8.50. The Bertz CT molecular complexity index is 1030. The van der Waals surface area contributed by atoms with E-state index in [9.17, 15) is 4.79 Å². The topological polar surface area (TPSA) is 65.4 Å². The predicted octanol–water partition coefficient (Wildman–Crippen LogP) is 3.52. The summed E-state index contributed by atoms with van der Waals surface area (Å²) in [5.41, 5.74) is 2.29. The highest BCUT2D eigenvalue weighted by Gasteiger charge is 2.21. The van der Waals surface area contributed by atoms with Gasteiger partial charge in [-0.25, -0.2) is 0 Å². The van der Waals surface area contributed by atoms with E-state index in [1.807, 2.05) is 67.5 Å². The molecule has 2 aromatic heterocycles. The molecule has 0 bridgehead atoms. The van der Waals surface area contributed by atoms with Crippen molar-refractivity contribution in [2.24, 2.45) is 0 Å². The van der Waals surface area contributed by atoms with Crippen molar-refractivity contribution in [1.29, 1.82) is 0 Å². The lowest BCUT2D eigenvalue weighted by atomic mass is 10.1. The maximum Gasteiger partial charge on any atom is 0.260 e.